The highest BCUT2D eigenvalue weighted by Gasteiger charge is 2.16. The first-order valence-corrected chi connectivity index (χ1v) is 8.47. The van der Waals surface area contributed by atoms with Gasteiger partial charge >= 0.3 is 0 Å². The van der Waals surface area contributed by atoms with E-state index in [1.807, 2.05) is 26.0 Å². The number of rotatable bonds is 4. The summed E-state index contributed by atoms with van der Waals surface area (Å²) in [5, 5.41) is 0. The molecule has 0 heterocycles. The van der Waals surface area contributed by atoms with Gasteiger partial charge in [0.2, 0.25) is 0 Å². The predicted octanol–water partition coefficient (Wildman–Crippen LogP) is 3.15. The predicted molar refractivity (Wildman–Crippen MR) is 88.7 cm³/mol. The smallest absolute Gasteiger partial charge is 0.261 e. The molecule has 0 aliphatic carbocycles. The van der Waals surface area contributed by atoms with Crippen LogP contribution in [0.5, 0.6) is 0 Å². The highest BCUT2D eigenvalue weighted by molar-refractivity contribution is 9.10. The molecule has 7 heteroatoms. The van der Waals surface area contributed by atoms with Gasteiger partial charge in [0, 0.05) is 10.2 Å². The third-order valence-electron chi connectivity index (χ3n) is 3.07. The fourth-order valence-corrected chi connectivity index (χ4v) is 3.88. The van der Waals surface area contributed by atoms with Crippen LogP contribution < -0.4 is 16.0 Å². The normalized spacial score (nSPS) is 11.2. The Morgan fingerprint density at radius 1 is 1.05 bits per heavy atom. The number of anilines is 2. The second-order valence-corrected chi connectivity index (χ2v) is 7.29. The summed E-state index contributed by atoms with van der Waals surface area (Å²) in [6.07, 6.45) is 0. The van der Waals surface area contributed by atoms with Crippen molar-refractivity contribution in [3.63, 3.8) is 0 Å². The average molecular weight is 370 g/mol. The zero-order valence-electron chi connectivity index (χ0n) is 11.6. The Balaban J connectivity index is 2.37. The second-order valence-electron chi connectivity index (χ2n) is 4.69. The molecule has 0 saturated heterocycles. The molecule has 2 aromatic rings. The van der Waals surface area contributed by atoms with Gasteiger partial charge in [0.25, 0.3) is 10.0 Å². The fourth-order valence-electron chi connectivity index (χ4n) is 2.00. The van der Waals surface area contributed by atoms with Crippen molar-refractivity contribution in [1.82, 2.24) is 0 Å². The summed E-state index contributed by atoms with van der Waals surface area (Å²) in [4.78, 5) is 0.184. The number of nitrogens with one attached hydrogen (secondary N) is 2. The van der Waals surface area contributed by atoms with Crippen molar-refractivity contribution in [2.24, 2.45) is 5.84 Å². The van der Waals surface area contributed by atoms with Crippen LogP contribution in [0.4, 0.5) is 11.4 Å². The van der Waals surface area contributed by atoms with Gasteiger partial charge in [0.1, 0.15) is 0 Å². The highest BCUT2D eigenvalue weighted by atomic mass is 79.9. The lowest BCUT2D eigenvalue weighted by molar-refractivity contribution is 0.601. The summed E-state index contributed by atoms with van der Waals surface area (Å²) in [7, 11) is -3.63. The Labute approximate surface area is 132 Å². The van der Waals surface area contributed by atoms with Crippen molar-refractivity contribution in [3.05, 3.63) is 52.0 Å². The van der Waals surface area contributed by atoms with Gasteiger partial charge in [-0.3, -0.25) is 10.6 Å². The van der Waals surface area contributed by atoms with E-state index in [0.717, 1.165) is 15.6 Å². The van der Waals surface area contributed by atoms with Crippen LogP contribution in [-0.4, -0.2) is 8.42 Å². The van der Waals surface area contributed by atoms with Crippen LogP contribution in [0.3, 0.4) is 0 Å². The molecule has 0 saturated carbocycles. The molecule has 0 fully saturated rings. The van der Waals surface area contributed by atoms with Gasteiger partial charge < -0.3 is 5.43 Å². The summed E-state index contributed by atoms with van der Waals surface area (Å²) in [5.74, 6) is 5.27. The minimum Gasteiger partial charge on any atom is -0.324 e. The molecule has 0 atom stereocenters. The van der Waals surface area contributed by atoms with E-state index in [4.69, 9.17) is 5.84 Å². The molecule has 112 valence electrons. The van der Waals surface area contributed by atoms with E-state index in [0.29, 0.717) is 11.4 Å². The number of sulfonamides is 1. The maximum Gasteiger partial charge on any atom is 0.261 e. The zero-order chi connectivity index (χ0) is 15.6. The van der Waals surface area contributed by atoms with Crippen LogP contribution in [0.1, 0.15) is 11.1 Å². The number of benzene rings is 2. The summed E-state index contributed by atoms with van der Waals surface area (Å²) in [6.45, 7) is 3.72. The quantitative estimate of drug-likeness (QED) is 0.570. The van der Waals surface area contributed by atoms with Gasteiger partial charge in [0.15, 0.2) is 0 Å². The molecule has 0 aromatic heterocycles. The van der Waals surface area contributed by atoms with E-state index in [1.54, 1.807) is 12.1 Å². The van der Waals surface area contributed by atoms with Crippen LogP contribution in [0.25, 0.3) is 0 Å². The number of halogens is 1. The monoisotopic (exact) mass is 369 g/mol. The SMILES string of the molecule is Cc1cc(Br)cc(C)c1NS(=O)(=O)c1ccc(NN)cc1. The minimum absolute atomic E-state index is 0.184. The summed E-state index contributed by atoms with van der Waals surface area (Å²) in [6, 6.07) is 9.95. The third kappa shape index (κ3) is 3.55. The van der Waals surface area contributed by atoms with Gasteiger partial charge in [-0.2, -0.15) is 0 Å². The minimum atomic E-state index is -3.63. The van der Waals surface area contributed by atoms with Crippen LogP contribution in [-0.2, 0) is 10.0 Å². The lowest BCUT2D eigenvalue weighted by Crippen LogP contribution is -2.15. The van der Waals surface area contributed by atoms with Crippen molar-refractivity contribution in [2.45, 2.75) is 18.7 Å². The second kappa shape index (κ2) is 6.05. The number of nitrogen functional groups attached to an aromatic ring is 1. The molecule has 0 unspecified atom stereocenters. The lowest BCUT2D eigenvalue weighted by atomic mass is 10.1. The third-order valence-corrected chi connectivity index (χ3v) is 4.89. The number of hydrogen-bond donors (Lipinski definition) is 3. The van der Waals surface area contributed by atoms with Gasteiger partial charge in [-0.15, -0.1) is 0 Å². The molecule has 0 aliphatic heterocycles. The Bertz CT molecular complexity index is 735. The molecule has 0 radical (unpaired) electrons. The maximum atomic E-state index is 12.4. The Kier molecular flexibility index (Phi) is 4.55. The maximum absolute atomic E-state index is 12.4. The summed E-state index contributed by atoms with van der Waals surface area (Å²) < 4.78 is 28.4. The molecule has 21 heavy (non-hydrogen) atoms. The first-order chi connectivity index (χ1) is 9.83. The van der Waals surface area contributed by atoms with E-state index in [2.05, 4.69) is 26.1 Å². The number of aryl methyl sites for hydroxylation is 2. The van der Waals surface area contributed by atoms with E-state index < -0.39 is 10.0 Å². The molecule has 5 nitrogen and oxygen atoms in total. The van der Waals surface area contributed by atoms with Crippen LogP contribution in [0, 0.1) is 13.8 Å². The van der Waals surface area contributed by atoms with Crippen LogP contribution in [0.15, 0.2) is 45.8 Å². The summed E-state index contributed by atoms with van der Waals surface area (Å²) in [5.41, 5.74) is 5.40. The fraction of sp³-hybridized carbons (Fsp3) is 0.143. The first-order valence-electron chi connectivity index (χ1n) is 6.20. The van der Waals surface area contributed by atoms with E-state index in [1.165, 1.54) is 12.1 Å². The molecule has 0 aliphatic rings. The molecule has 2 rings (SSSR count). The molecule has 0 spiro atoms. The van der Waals surface area contributed by atoms with Crippen molar-refractivity contribution >= 4 is 37.3 Å². The van der Waals surface area contributed by atoms with Crippen LogP contribution in [0.2, 0.25) is 0 Å². The van der Waals surface area contributed by atoms with Gasteiger partial charge in [0.05, 0.1) is 10.6 Å². The van der Waals surface area contributed by atoms with E-state index in [9.17, 15) is 8.42 Å². The standard InChI is InChI=1S/C14H16BrN3O2S/c1-9-7-11(15)8-10(2)14(9)18-21(19,20)13-5-3-12(17-16)4-6-13/h3-8,17-18H,16H2,1-2H3. The number of nitrogens with two attached hydrogens (primary N) is 1. The lowest BCUT2D eigenvalue weighted by Gasteiger charge is -2.14. The Morgan fingerprint density at radius 3 is 2.05 bits per heavy atom. The summed E-state index contributed by atoms with van der Waals surface area (Å²) >= 11 is 3.39. The number of hydrogen-bond acceptors (Lipinski definition) is 4. The number of hydrazine groups is 1. The van der Waals surface area contributed by atoms with Gasteiger partial charge in [-0.1, -0.05) is 15.9 Å². The van der Waals surface area contributed by atoms with Crippen LogP contribution >= 0.6 is 15.9 Å². The topological polar surface area (TPSA) is 84.2 Å². The van der Waals surface area contributed by atoms with Crippen molar-refractivity contribution < 1.29 is 8.42 Å². The molecule has 0 bridgehead atoms. The first kappa shape index (κ1) is 15.8. The zero-order valence-corrected chi connectivity index (χ0v) is 14.0. The van der Waals surface area contributed by atoms with Crippen molar-refractivity contribution in [2.75, 3.05) is 10.1 Å². The largest absolute Gasteiger partial charge is 0.324 e. The molecule has 2 aromatic carbocycles. The van der Waals surface area contributed by atoms with E-state index >= 15 is 0 Å². The van der Waals surface area contributed by atoms with Crippen molar-refractivity contribution in [3.8, 4) is 0 Å². The molecular formula is C14H16BrN3O2S. The van der Waals surface area contributed by atoms with E-state index in [-0.39, 0.29) is 4.90 Å². The highest BCUT2D eigenvalue weighted by Crippen LogP contribution is 2.27. The molecule has 4 N–H and O–H groups in total. The van der Waals surface area contributed by atoms with Crippen molar-refractivity contribution in [1.29, 1.82) is 0 Å². The van der Waals surface area contributed by atoms with Gasteiger partial charge in [-0.05, 0) is 61.4 Å². The molecular weight excluding hydrogens is 354 g/mol. The molecule has 0 amide bonds. The average Bonchev–Trinajstić information content (AvgIpc) is 2.43. The van der Waals surface area contributed by atoms with Gasteiger partial charge in [-0.25, -0.2) is 8.42 Å². The Hall–Kier alpha value is -1.57. The Morgan fingerprint density at radius 2 is 1.57 bits per heavy atom.